The Morgan fingerprint density at radius 2 is 1.98 bits per heavy atom. The summed E-state index contributed by atoms with van der Waals surface area (Å²) in [6.07, 6.45) is 9.66. The van der Waals surface area contributed by atoms with Gasteiger partial charge in [0.1, 0.15) is 12.4 Å². The molecule has 3 aliphatic rings. The third-order valence-corrected chi connectivity index (χ3v) is 9.91. The van der Waals surface area contributed by atoms with Crippen molar-refractivity contribution in [3.8, 4) is 5.75 Å². The van der Waals surface area contributed by atoms with Crippen molar-refractivity contribution >= 4 is 33.2 Å². The molecule has 2 aromatic carbocycles. The number of amides is 1. The predicted molar refractivity (Wildman–Crippen MR) is 160 cm³/mol. The number of sulfonamides is 1. The molecule has 1 amide bonds. The van der Waals surface area contributed by atoms with E-state index in [1.54, 1.807) is 18.2 Å². The Kier molecular flexibility index (Phi) is 9.91. The molecule has 1 saturated carbocycles. The van der Waals surface area contributed by atoms with E-state index >= 15 is 0 Å². The number of nitrogens with zero attached hydrogens (tertiary/aromatic N) is 1. The fourth-order valence-corrected chi connectivity index (χ4v) is 7.24. The minimum Gasteiger partial charge on any atom is -0.487 e. The third-order valence-electron chi connectivity index (χ3n) is 8.35. The normalized spacial score (nSPS) is 25.8. The molecule has 0 spiro atoms. The molecule has 3 atom stereocenters. The monoisotopic (exact) mass is 602 g/mol. The summed E-state index contributed by atoms with van der Waals surface area (Å²) in [7, 11) is -3.80. The Bertz CT molecular complexity index is 1360. The van der Waals surface area contributed by atoms with Gasteiger partial charge in [0.15, 0.2) is 0 Å². The van der Waals surface area contributed by atoms with Gasteiger partial charge in [-0.2, -0.15) is 0 Å². The van der Waals surface area contributed by atoms with E-state index in [4.69, 9.17) is 21.1 Å². The van der Waals surface area contributed by atoms with Crippen LogP contribution >= 0.6 is 11.6 Å². The number of aliphatic hydroxyl groups excluding tert-OH is 1. The summed E-state index contributed by atoms with van der Waals surface area (Å²) in [5.74, 6) is 0.514. The Hall–Kier alpha value is -2.59. The van der Waals surface area contributed by atoms with E-state index in [1.807, 2.05) is 30.4 Å². The van der Waals surface area contributed by atoms with Crippen molar-refractivity contribution < 1.29 is 27.8 Å². The number of nitrogens with one attached hydrogen (secondary N) is 1. The van der Waals surface area contributed by atoms with Crippen molar-refractivity contribution in [1.82, 2.24) is 4.72 Å². The van der Waals surface area contributed by atoms with E-state index < -0.39 is 15.9 Å². The Morgan fingerprint density at radius 1 is 1.10 bits per heavy atom. The van der Waals surface area contributed by atoms with Gasteiger partial charge < -0.3 is 19.5 Å². The lowest BCUT2D eigenvalue weighted by Crippen LogP contribution is -2.44. The van der Waals surface area contributed by atoms with Gasteiger partial charge in [-0.05, 0) is 98.2 Å². The number of carbonyl (C=O) groups excluding carboxylic acids is 1. The second-order valence-electron chi connectivity index (χ2n) is 11.2. The smallest absolute Gasteiger partial charge is 0.264 e. The van der Waals surface area contributed by atoms with E-state index in [1.165, 1.54) is 5.56 Å². The summed E-state index contributed by atoms with van der Waals surface area (Å²) in [5, 5.41) is 10.1. The lowest BCUT2D eigenvalue weighted by Gasteiger charge is -2.44. The van der Waals surface area contributed by atoms with Crippen molar-refractivity contribution in [2.75, 3.05) is 37.0 Å². The Morgan fingerprint density at radius 3 is 2.78 bits per heavy atom. The highest BCUT2D eigenvalue weighted by atomic mass is 35.5. The molecular weight excluding hydrogens is 564 g/mol. The Labute approximate surface area is 247 Å². The number of aliphatic hydroxyl groups is 1. The van der Waals surface area contributed by atoms with Gasteiger partial charge in [-0.25, -0.2) is 13.1 Å². The molecule has 1 aliphatic carbocycles. The zero-order chi connectivity index (χ0) is 28.8. The summed E-state index contributed by atoms with van der Waals surface area (Å²) in [4.78, 5) is 15.4. The summed E-state index contributed by atoms with van der Waals surface area (Å²) < 4.78 is 40.1. The number of anilines is 1. The van der Waals surface area contributed by atoms with E-state index in [0.717, 1.165) is 56.4 Å². The minimum atomic E-state index is -3.80. The number of rotatable bonds is 3. The molecule has 0 radical (unpaired) electrons. The summed E-state index contributed by atoms with van der Waals surface area (Å²) in [5.41, 5.74) is 3.32. The quantitative estimate of drug-likeness (QED) is 0.483. The molecule has 8 nitrogen and oxygen atoms in total. The summed E-state index contributed by atoms with van der Waals surface area (Å²) in [6.45, 7) is 2.09. The lowest BCUT2D eigenvalue weighted by molar-refractivity contribution is -0.0256. The molecule has 1 fully saturated rings. The largest absolute Gasteiger partial charge is 0.487 e. The number of hydrogen-bond acceptors (Lipinski definition) is 7. The van der Waals surface area contributed by atoms with Crippen molar-refractivity contribution in [2.45, 2.75) is 57.7 Å². The number of carbonyl (C=O) groups is 1. The van der Waals surface area contributed by atoms with Crippen LogP contribution in [0.5, 0.6) is 5.75 Å². The molecule has 0 saturated heterocycles. The van der Waals surface area contributed by atoms with Crippen molar-refractivity contribution in [3.05, 3.63) is 70.3 Å². The van der Waals surface area contributed by atoms with Gasteiger partial charge >= 0.3 is 0 Å². The molecule has 10 heteroatoms. The van der Waals surface area contributed by atoms with Crippen LogP contribution in [0.4, 0.5) is 5.69 Å². The van der Waals surface area contributed by atoms with Gasteiger partial charge in [-0.15, -0.1) is 0 Å². The maximum atomic E-state index is 13.1. The van der Waals surface area contributed by atoms with E-state index in [2.05, 4.69) is 9.62 Å². The van der Waals surface area contributed by atoms with Crippen LogP contribution in [0, 0.1) is 11.8 Å². The number of aryl methyl sites for hydroxylation is 1. The first-order chi connectivity index (χ1) is 19.8. The number of hydrogen-bond donors (Lipinski definition) is 2. The first-order valence-electron chi connectivity index (χ1n) is 14.6. The van der Waals surface area contributed by atoms with Crippen LogP contribution in [0.2, 0.25) is 5.02 Å². The fourth-order valence-electron chi connectivity index (χ4n) is 6.00. The van der Waals surface area contributed by atoms with Crippen LogP contribution in [0.15, 0.2) is 48.6 Å². The maximum absolute atomic E-state index is 13.1. The zero-order valence-electron chi connectivity index (χ0n) is 23.3. The van der Waals surface area contributed by atoms with Crippen LogP contribution < -0.4 is 14.4 Å². The van der Waals surface area contributed by atoms with E-state index in [0.29, 0.717) is 36.1 Å². The van der Waals surface area contributed by atoms with Gasteiger partial charge in [-0.1, -0.05) is 29.8 Å². The number of fused-ring (bicyclic) bond motifs is 3. The average molecular weight is 603 g/mol. The molecule has 2 N–H and O–H groups in total. The highest BCUT2D eigenvalue weighted by Crippen LogP contribution is 2.41. The number of benzene rings is 2. The third kappa shape index (κ3) is 7.63. The lowest BCUT2D eigenvalue weighted by atomic mass is 9.70. The van der Waals surface area contributed by atoms with Gasteiger partial charge in [0.25, 0.3) is 5.91 Å². The zero-order valence-corrected chi connectivity index (χ0v) is 24.8. The predicted octanol–water partition coefficient (Wildman–Crippen LogP) is 4.88. The van der Waals surface area contributed by atoms with Crippen molar-refractivity contribution in [2.24, 2.45) is 11.8 Å². The minimum absolute atomic E-state index is 0.0487. The SMILES string of the molecule is O=C1NS(=O)(=O)CCC/C=C/C(OCCO)C2CCC2CN2CCCCc3cc(Cl)ccc3COc3ccc1cc32. The van der Waals surface area contributed by atoms with Crippen molar-refractivity contribution in [3.63, 3.8) is 0 Å². The molecule has 222 valence electrons. The van der Waals surface area contributed by atoms with Crippen LogP contribution in [-0.2, 0) is 27.8 Å². The molecular formula is C31H39ClN2O6S. The second-order valence-corrected chi connectivity index (χ2v) is 13.4. The molecule has 3 unspecified atom stereocenters. The second kappa shape index (κ2) is 13.6. The first kappa shape index (κ1) is 29.9. The van der Waals surface area contributed by atoms with Crippen molar-refractivity contribution in [1.29, 1.82) is 0 Å². The number of allylic oxidation sites excluding steroid dienone is 1. The molecule has 2 heterocycles. The van der Waals surface area contributed by atoms with Crippen LogP contribution in [-0.4, -0.2) is 57.6 Å². The Balaban J connectivity index is 1.51. The average Bonchev–Trinajstić information content (AvgIpc) is 2.96. The van der Waals surface area contributed by atoms with Gasteiger partial charge in [0.2, 0.25) is 10.0 Å². The van der Waals surface area contributed by atoms with Gasteiger partial charge in [0, 0.05) is 23.7 Å². The number of ether oxygens (including phenoxy) is 2. The maximum Gasteiger partial charge on any atom is 0.264 e. The highest BCUT2D eigenvalue weighted by Gasteiger charge is 2.38. The van der Waals surface area contributed by atoms with Crippen LogP contribution in [0.3, 0.4) is 0 Å². The topological polar surface area (TPSA) is 105 Å². The molecule has 41 heavy (non-hydrogen) atoms. The molecule has 5 rings (SSSR count). The fraction of sp³-hybridized carbons (Fsp3) is 0.516. The van der Waals surface area contributed by atoms with Crippen LogP contribution in [0.1, 0.15) is 60.0 Å². The molecule has 2 aliphatic heterocycles. The first-order valence-corrected chi connectivity index (χ1v) is 16.6. The molecule has 0 aromatic heterocycles. The number of halogens is 1. The summed E-state index contributed by atoms with van der Waals surface area (Å²) in [6, 6.07) is 11.1. The molecule has 2 bridgehead atoms. The van der Waals surface area contributed by atoms with Gasteiger partial charge in [0.05, 0.1) is 30.8 Å². The summed E-state index contributed by atoms with van der Waals surface area (Å²) >= 11 is 6.30. The van der Waals surface area contributed by atoms with Gasteiger partial charge in [-0.3, -0.25) is 4.79 Å². The van der Waals surface area contributed by atoms with E-state index in [9.17, 15) is 18.3 Å². The molecule has 2 aromatic rings. The standard InChI is InChI=1S/C31H39ClN2O6S/c32-26-11-8-25-21-40-30-13-10-23-19-28(30)34(14-4-3-6-22(25)18-26)20-24-9-12-27(24)29(39-16-15-35)7-2-1-5-17-41(37,38)33-31(23)36/h2,7-8,10-11,13,18-19,24,27,29,35H,1,3-6,9,12,14-17,20-21H2,(H,33,36)/b7-2+. The highest BCUT2D eigenvalue weighted by molar-refractivity contribution is 7.90. The van der Waals surface area contributed by atoms with E-state index in [-0.39, 0.29) is 36.6 Å². The van der Waals surface area contributed by atoms with Crippen LogP contribution in [0.25, 0.3) is 0 Å².